The third kappa shape index (κ3) is 5.31. The van der Waals surface area contributed by atoms with Gasteiger partial charge in [-0.25, -0.2) is 0 Å². The van der Waals surface area contributed by atoms with Crippen molar-refractivity contribution in [1.82, 2.24) is 0 Å². The zero-order valence-corrected chi connectivity index (χ0v) is 11.0. The maximum Gasteiger partial charge on any atom is 0.0716 e. The van der Waals surface area contributed by atoms with E-state index in [0.717, 1.165) is 12.0 Å². The molecule has 0 saturated carbocycles. The molecule has 17 heavy (non-hydrogen) atoms. The maximum atomic E-state index is 5.62. The molecular formula is C14H23NO2. The minimum Gasteiger partial charge on any atom is -0.379 e. The number of ether oxygens (including phenoxy) is 2. The van der Waals surface area contributed by atoms with Gasteiger partial charge in [0, 0.05) is 20.3 Å². The number of nitrogens with two attached hydrogens (primary N) is 1. The highest BCUT2D eigenvalue weighted by molar-refractivity contribution is 5.21. The SMILES string of the molecule is COC(C)(C)CCOCc1ccc(CN)cc1. The van der Waals surface area contributed by atoms with E-state index >= 15 is 0 Å². The van der Waals surface area contributed by atoms with E-state index in [0.29, 0.717) is 19.8 Å². The second-order valence-corrected chi connectivity index (χ2v) is 4.79. The van der Waals surface area contributed by atoms with E-state index < -0.39 is 0 Å². The fourth-order valence-electron chi connectivity index (χ4n) is 1.38. The molecule has 0 spiro atoms. The van der Waals surface area contributed by atoms with E-state index in [9.17, 15) is 0 Å². The quantitative estimate of drug-likeness (QED) is 0.741. The highest BCUT2D eigenvalue weighted by Crippen LogP contribution is 2.13. The van der Waals surface area contributed by atoms with Crippen LogP contribution in [0.2, 0.25) is 0 Å². The molecular weight excluding hydrogens is 214 g/mol. The van der Waals surface area contributed by atoms with E-state index in [4.69, 9.17) is 15.2 Å². The number of benzene rings is 1. The molecule has 0 amide bonds. The van der Waals surface area contributed by atoms with Gasteiger partial charge >= 0.3 is 0 Å². The van der Waals surface area contributed by atoms with Crippen molar-refractivity contribution in [1.29, 1.82) is 0 Å². The summed E-state index contributed by atoms with van der Waals surface area (Å²) >= 11 is 0. The Morgan fingerprint density at radius 3 is 2.24 bits per heavy atom. The van der Waals surface area contributed by atoms with E-state index in [1.807, 2.05) is 12.1 Å². The molecule has 1 rings (SSSR count). The number of methoxy groups -OCH3 is 1. The zero-order chi connectivity index (χ0) is 12.7. The van der Waals surface area contributed by atoms with Crippen LogP contribution in [-0.4, -0.2) is 19.3 Å². The fraction of sp³-hybridized carbons (Fsp3) is 0.571. The third-order valence-corrected chi connectivity index (χ3v) is 2.93. The molecule has 0 bridgehead atoms. The van der Waals surface area contributed by atoms with Gasteiger partial charge in [-0.15, -0.1) is 0 Å². The van der Waals surface area contributed by atoms with Crippen LogP contribution in [0.15, 0.2) is 24.3 Å². The van der Waals surface area contributed by atoms with Crippen LogP contribution in [-0.2, 0) is 22.6 Å². The normalized spacial score (nSPS) is 11.8. The van der Waals surface area contributed by atoms with Gasteiger partial charge < -0.3 is 15.2 Å². The monoisotopic (exact) mass is 237 g/mol. The summed E-state index contributed by atoms with van der Waals surface area (Å²) in [5.74, 6) is 0. The Morgan fingerprint density at radius 1 is 1.12 bits per heavy atom. The second-order valence-electron chi connectivity index (χ2n) is 4.79. The predicted molar refractivity (Wildman–Crippen MR) is 69.7 cm³/mol. The first-order valence-corrected chi connectivity index (χ1v) is 5.98. The first kappa shape index (κ1) is 14.2. The van der Waals surface area contributed by atoms with E-state index in [1.165, 1.54) is 5.56 Å². The maximum absolute atomic E-state index is 5.62. The molecule has 0 aromatic heterocycles. The summed E-state index contributed by atoms with van der Waals surface area (Å²) in [5.41, 5.74) is 7.76. The Balaban J connectivity index is 2.26. The van der Waals surface area contributed by atoms with Gasteiger partial charge in [0.2, 0.25) is 0 Å². The smallest absolute Gasteiger partial charge is 0.0716 e. The molecule has 0 heterocycles. The minimum atomic E-state index is -0.108. The minimum absolute atomic E-state index is 0.108. The Bertz CT molecular complexity index is 319. The standard InChI is InChI=1S/C14H23NO2/c1-14(2,16-3)8-9-17-11-13-6-4-12(10-15)5-7-13/h4-7H,8-11,15H2,1-3H3. The lowest BCUT2D eigenvalue weighted by Crippen LogP contribution is -2.24. The molecule has 1 aromatic rings. The van der Waals surface area contributed by atoms with Crippen molar-refractivity contribution in [2.45, 2.75) is 39.0 Å². The summed E-state index contributed by atoms with van der Waals surface area (Å²) in [6, 6.07) is 8.20. The Morgan fingerprint density at radius 2 is 1.71 bits per heavy atom. The van der Waals surface area contributed by atoms with Crippen LogP contribution in [0.4, 0.5) is 0 Å². The van der Waals surface area contributed by atoms with Gasteiger partial charge in [-0.1, -0.05) is 24.3 Å². The summed E-state index contributed by atoms with van der Waals surface area (Å²) in [4.78, 5) is 0. The highest BCUT2D eigenvalue weighted by atomic mass is 16.5. The van der Waals surface area contributed by atoms with Crippen LogP contribution in [0.5, 0.6) is 0 Å². The lowest BCUT2D eigenvalue weighted by atomic mass is 10.1. The van der Waals surface area contributed by atoms with E-state index in [2.05, 4.69) is 26.0 Å². The first-order chi connectivity index (χ1) is 8.07. The van der Waals surface area contributed by atoms with Crippen LogP contribution >= 0.6 is 0 Å². The molecule has 0 unspecified atom stereocenters. The van der Waals surface area contributed by atoms with Crippen molar-refractivity contribution in [2.24, 2.45) is 5.73 Å². The average Bonchev–Trinajstić information content (AvgIpc) is 2.35. The molecule has 96 valence electrons. The van der Waals surface area contributed by atoms with Crippen molar-refractivity contribution in [3.8, 4) is 0 Å². The molecule has 0 atom stereocenters. The Labute approximate surface area is 104 Å². The topological polar surface area (TPSA) is 44.5 Å². The van der Waals surface area contributed by atoms with Gasteiger partial charge in [-0.2, -0.15) is 0 Å². The van der Waals surface area contributed by atoms with Crippen LogP contribution < -0.4 is 5.73 Å². The average molecular weight is 237 g/mol. The molecule has 3 nitrogen and oxygen atoms in total. The van der Waals surface area contributed by atoms with Crippen molar-refractivity contribution in [3.05, 3.63) is 35.4 Å². The van der Waals surface area contributed by atoms with Crippen molar-refractivity contribution in [3.63, 3.8) is 0 Å². The van der Waals surface area contributed by atoms with Gasteiger partial charge in [0.1, 0.15) is 0 Å². The van der Waals surface area contributed by atoms with Gasteiger partial charge in [0.25, 0.3) is 0 Å². The summed E-state index contributed by atoms with van der Waals surface area (Å²) in [6.07, 6.45) is 0.893. The highest BCUT2D eigenvalue weighted by Gasteiger charge is 2.15. The molecule has 2 N–H and O–H groups in total. The lowest BCUT2D eigenvalue weighted by Gasteiger charge is -2.22. The summed E-state index contributed by atoms with van der Waals surface area (Å²) in [6.45, 7) is 6.06. The second kappa shape index (κ2) is 6.74. The lowest BCUT2D eigenvalue weighted by molar-refractivity contribution is -0.0124. The largest absolute Gasteiger partial charge is 0.379 e. The van der Waals surface area contributed by atoms with E-state index in [1.54, 1.807) is 7.11 Å². The summed E-state index contributed by atoms with van der Waals surface area (Å²) in [7, 11) is 1.73. The number of hydrogen-bond acceptors (Lipinski definition) is 3. The fourth-order valence-corrected chi connectivity index (χ4v) is 1.38. The molecule has 0 saturated heterocycles. The van der Waals surface area contributed by atoms with E-state index in [-0.39, 0.29) is 5.60 Å². The van der Waals surface area contributed by atoms with Crippen LogP contribution in [0.1, 0.15) is 31.4 Å². The van der Waals surface area contributed by atoms with Crippen LogP contribution in [0, 0.1) is 0 Å². The summed E-state index contributed by atoms with van der Waals surface area (Å²) in [5, 5.41) is 0. The number of hydrogen-bond donors (Lipinski definition) is 1. The van der Waals surface area contributed by atoms with Gasteiger partial charge in [-0.05, 0) is 31.4 Å². The van der Waals surface area contributed by atoms with Crippen molar-refractivity contribution >= 4 is 0 Å². The predicted octanol–water partition coefficient (Wildman–Crippen LogP) is 2.48. The Kier molecular flexibility index (Phi) is 5.62. The van der Waals surface area contributed by atoms with Crippen molar-refractivity contribution < 1.29 is 9.47 Å². The summed E-state index contributed by atoms with van der Waals surface area (Å²) < 4.78 is 10.9. The van der Waals surface area contributed by atoms with Crippen LogP contribution in [0.3, 0.4) is 0 Å². The number of rotatable bonds is 7. The molecule has 0 aliphatic heterocycles. The molecule has 0 aliphatic rings. The molecule has 0 fully saturated rings. The molecule has 0 aliphatic carbocycles. The van der Waals surface area contributed by atoms with Crippen molar-refractivity contribution in [2.75, 3.05) is 13.7 Å². The third-order valence-electron chi connectivity index (χ3n) is 2.93. The molecule has 0 radical (unpaired) electrons. The van der Waals surface area contributed by atoms with Gasteiger partial charge in [-0.3, -0.25) is 0 Å². The first-order valence-electron chi connectivity index (χ1n) is 5.98. The van der Waals surface area contributed by atoms with Gasteiger partial charge in [0.05, 0.1) is 12.2 Å². The zero-order valence-electron chi connectivity index (χ0n) is 11.0. The Hall–Kier alpha value is -0.900. The van der Waals surface area contributed by atoms with Gasteiger partial charge in [0.15, 0.2) is 0 Å². The van der Waals surface area contributed by atoms with Crippen LogP contribution in [0.25, 0.3) is 0 Å². The molecule has 1 aromatic carbocycles. The molecule has 3 heteroatoms.